The molecular formula is C28H28N6O3S. The van der Waals surface area contributed by atoms with E-state index in [1.54, 1.807) is 65.6 Å². The lowest BCUT2D eigenvalue weighted by atomic mass is 10.0. The predicted octanol–water partition coefficient (Wildman–Crippen LogP) is 4.06. The van der Waals surface area contributed by atoms with Crippen LogP contribution >= 0.6 is 0 Å². The molecule has 0 aliphatic heterocycles. The molecule has 0 aliphatic rings. The number of hydrogen-bond donors (Lipinski definition) is 2. The molecule has 0 saturated carbocycles. The number of aromatic hydroxyl groups is 1. The Morgan fingerprint density at radius 2 is 1.68 bits per heavy atom. The van der Waals surface area contributed by atoms with Crippen LogP contribution in [-0.4, -0.2) is 65.2 Å². The quantitative estimate of drug-likeness (QED) is 0.278. The molecule has 3 heterocycles. The Bertz CT molecular complexity index is 1680. The van der Waals surface area contributed by atoms with Gasteiger partial charge >= 0.3 is 0 Å². The Hall–Kier alpha value is -4.12. The van der Waals surface area contributed by atoms with Crippen molar-refractivity contribution in [2.75, 3.05) is 27.2 Å². The number of benzene rings is 2. The average Bonchev–Trinajstić information content (AvgIpc) is 3.31. The smallest absolute Gasteiger partial charge is 0.240 e. The summed E-state index contributed by atoms with van der Waals surface area (Å²) in [5, 5.41) is 15.1. The highest BCUT2D eigenvalue weighted by molar-refractivity contribution is 7.89. The van der Waals surface area contributed by atoms with Crippen molar-refractivity contribution in [2.24, 2.45) is 0 Å². The SMILES string of the molecule is CN(C)CCCNS(=O)(=O)c1cccc(-c2ccnc3c(-c4cccc(O)c4)c(-c4ccncc4)nn23)c1. The molecular weight excluding hydrogens is 500 g/mol. The number of hydrogen-bond acceptors (Lipinski definition) is 7. The van der Waals surface area contributed by atoms with Gasteiger partial charge in [-0.1, -0.05) is 24.3 Å². The van der Waals surface area contributed by atoms with Crippen LogP contribution < -0.4 is 4.72 Å². The maximum Gasteiger partial charge on any atom is 0.240 e. The number of nitrogens with one attached hydrogen (secondary N) is 1. The van der Waals surface area contributed by atoms with Gasteiger partial charge in [-0.05, 0) is 75.1 Å². The second kappa shape index (κ2) is 10.7. The van der Waals surface area contributed by atoms with E-state index in [4.69, 9.17) is 5.10 Å². The third-order valence-corrected chi connectivity index (χ3v) is 7.58. The van der Waals surface area contributed by atoms with Gasteiger partial charge in [0.1, 0.15) is 11.4 Å². The highest BCUT2D eigenvalue weighted by Crippen LogP contribution is 2.37. The summed E-state index contributed by atoms with van der Waals surface area (Å²) in [7, 11) is 0.222. The minimum atomic E-state index is -3.68. The molecule has 0 fully saturated rings. The summed E-state index contributed by atoms with van der Waals surface area (Å²) >= 11 is 0. The Morgan fingerprint density at radius 3 is 2.45 bits per heavy atom. The van der Waals surface area contributed by atoms with E-state index in [9.17, 15) is 13.5 Å². The van der Waals surface area contributed by atoms with E-state index in [0.717, 1.165) is 23.2 Å². The molecule has 194 valence electrons. The topological polar surface area (TPSA) is 113 Å². The Balaban J connectivity index is 1.61. The van der Waals surface area contributed by atoms with Crippen molar-refractivity contribution in [3.05, 3.63) is 85.3 Å². The van der Waals surface area contributed by atoms with Crippen LogP contribution in [0.15, 0.2) is 90.2 Å². The van der Waals surface area contributed by atoms with Crippen LogP contribution in [-0.2, 0) is 10.0 Å². The van der Waals surface area contributed by atoms with Gasteiger partial charge in [0.05, 0.1) is 16.2 Å². The summed E-state index contributed by atoms with van der Waals surface area (Å²) in [4.78, 5) is 10.9. The fourth-order valence-corrected chi connectivity index (χ4v) is 5.43. The molecule has 0 spiro atoms. The first-order chi connectivity index (χ1) is 18.3. The maximum atomic E-state index is 13.0. The van der Waals surface area contributed by atoms with Gasteiger partial charge < -0.3 is 10.0 Å². The van der Waals surface area contributed by atoms with E-state index in [0.29, 0.717) is 35.6 Å². The van der Waals surface area contributed by atoms with E-state index < -0.39 is 10.0 Å². The van der Waals surface area contributed by atoms with Crippen molar-refractivity contribution in [3.63, 3.8) is 0 Å². The molecule has 9 nitrogen and oxygen atoms in total. The van der Waals surface area contributed by atoms with Gasteiger partial charge in [-0.15, -0.1) is 0 Å². The lowest BCUT2D eigenvalue weighted by molar-refractivity contribution is 0.400. The molecule has 2 aromatic carbocycles. The number of aromatic nitrogens is 4. The monoisotopic (exact) mass is 528 g/mol. The van der Waals surface area contributed by atoms with Gasteiger partial charge in [0, 0.05) is 36.3 Å². The Morgan fingerprint density at radius 1 is 0.921 bits per heavy atom. The standard InChI is InChI=1S/C28H28N6O3S/c1-33(2)17-5-13-31-38(36,37)24-9-4-6-21(19-24)25-12-16-30-28-26(22-7-3-8-23(35)18-22)27(32-34(25)28)20-10-14-29-15-11-20/h3-4,6-12,14-16,18-19,31,35H,5,13,17H2,1-2H3. The zero-order chi connectivity index (χ0) is 26.7. The van der Waals surface area contributed by atoms with Crippen LogP contribution in [0.25, 0.3) is 39.3 Å². The van der Waals surface area contributed by atoms with Crippen LogP contribution in [0.3, 0.4) is 0 Å². The van der Waals surface area contributed by atoms with Crippen molar-refractivity contribution in [3.8, 4) is 39.4 Å². The molecule has 3 aromatic heterocycles. The first-order valence-corrected chi connectivity index (χ1v) is 13.6. The summed E-state index contributed by atoms with van der Waals surface area (Å²) in [6, 6.07) is 19.3. The normalized spacial score (nSPS) is 11.9. The molecule has 5 rings (SSSR count). The first-order valence-electron chi connectivity index (χ1n) is 12.2. The van der Waals surface area contributed by atoms with Gasteiger partial charge in [0.25, 0.3) is 0 Å². The highest BCUT2D eigenvalue weighted by atomic mass is 32.2. The molecule has 0 bridgehead atoms. The van der Waals surface area contributed by atoms with Gasteiger partial charge in [0.2, 0.25) is 10.0 Å². The van der Waals surface area contributed by atoms with Crippen LogP contribution in [0.5, 0.6) is 5.75 Å². The number of phenolic OH excluding ortho intramolecular Hbond substituents is 1. The fraction of sp³-hybridized carbons (Fsp3) is 0.179. The van der Waals surface area contributed by atoms with Gasteiger partial charge in [-0.2, -0.15) is 5.10 Å². The zero-order valence-electron chi connectivity index (χ0n) is 21.1. The zero-order valence-corrected chi connectivity index (χ0v) is 21.9. The summed E-state index contributed by atoms with van der Waals surface area (Å²) in [5.74, 6) is 0.134. The lowest BCUT2D eigenvalue weighted by Gasteiger charge is -2.11. The van der Waals surface area contributed by atoms with Crippen molar-refractivity contribution >= 4 is 15.7 Å². The van der Waals surface area contributed by atoms with Crippen LogP contribution in [0.4, 0.5) is 0 Å². The first kappa shape index (κ1) is 25.5. The summed E-state index contributed by atoms with van der Waals surface area (Å²) < 4.78 is 30.4. The van der Waals surface area contributed by atoms with E-state index >= 15 is 0 Å². The molecule has 2 N–H and O–H groups in total. The van der Waals surface area contributed by atoms with E-state index in [2.05, 4.69) is 14.7 Å². The van der Waals surface area contributed by atoms with Crippen LogP contribution in [0.1, 0.15) is 6.42 Å². The second-order valence-corrected chi connectivity index (χ2v) is 10.9. The van der Waals surface area contributed by atoms with Gasteiger partial charge in [-0.25, -0.2) is 22.6 Å². The Labute approximate surface area is 221 Å². The third-order valence-electron chi connectivity index (χ3n) is 6.12. The number of phenols is 1. The molecule has 5 aromatic rings. The summed E-state index contributed by atoms with van der Waals surface area (Å²) in [5.41, 5.74) is 4.96. The highest BCUT2D eigenvalue weighted by Gasteiger charge is 2.21. The molecule has 38 heavy (non-hydrogen) atoms. The van der Waals surface area contributed by atoms with E-state index in [1.165, 1.54) is 0 Å². The van der Waals surface area contributed by atoms with Crippen LogP contribution in [0.2, 0.25) is 0 Å². The number of rotatable bonds is 9. The number of nitrogens with zero attached hydrogens (tertiary/aromatic N) is 5. The number of fused-ring (bicyclic) bond motifs is 1. The predicted molar refractivity (Wildman–Crippen MR) is 147 cm³/mol. The van der Waals surface area contributed by atoms with Crippen molar-refractivity contribution in [2.45, 2.75) is 11.3 Å². The fourth-order valence-electron chi connectivity index (χ4n) is 4.31. The molecule has 0 radical (unpaired) electrons. The number of sulfonamides is 1. The minimum absolute atomic E-state index is 0.134. The van der Waals surface area contributed by atoms with Crippen molar-refractivity contribution in [1.82, 2.24) is 29.2 Å². The summed E-state index contributed by atoms with van der Waals surface area (Å²) in [6.07, 6.45) is 5.77. The number of pyridine rings is 1. The average molecular weight is 529 g/mol. The van der Waals surface area contributed by atoms with Crippen molar-refractivity contribution < 1.29 is 13.5 Å². The van der Waals surface area contributed by atoms with E-state index in [-0.39, 0.29) is 10.6 Å². The molecule has 0 amide bonds. The Kier molecular flexibility index (Phi) is 7.19. The van der Waals surface area contributed by atoms with Crippen molar-refractivity contribution in [1.29, 1.82) is 0 Å². The van der Waals surface area contributed by atoms with Gasteiger partial charge in [0.15, 0.2) is 5.65 Å². The third kappa shape index (κ3) is 5.28. The molecule has 0 atom stereocenters. The lowest BCUT2D eigenvalue weighted by Crippen LogP contribution is -2.27. The molecule has 10 heteroatoms. The maximum absolute atomic E-state index is 13.0. The largest absolute Gasteiger partial charge is 0.508 e. The minimum Gasteiger partial charge on any atom is -0.508 e. The molecule has 0 saturated heterocycles. The van der Waals surface area contributed by atoms with E-state index in [1.807, 2.05) is 43.3 Å². The summed E-state index contributed by atoms with van der Waals surface area (Å²) in [6.45, 7) is 1.14. The molecule has 0 aliphatic carbocycles. The van der Waals surface area contributed by atoms with Crippen LogP contribution in [0, 0.1) is 0 Å². The molecule has 0 unspecified atom stereocenters. The second-order valence-electron chi connectivity index (χ2n) is 9.16. The van der Waals surface area contributed by atoms with Gasteiger partial charge in [-0.3, -0.25) is 4.98 Å².